The van der Waals surface area contributed by atoms with Crippen LogP contribution < -0.4 is 5.73 Å². The van der Waals surface area contributed by atoms with Gasteiger partial charge in [-0.3, -0.25) is 4.79 Å². The molecule has 1 aliphatic heterocycles. The molecule has 0 atom stereocenters. The van der Waals surface area contributed by atoms with Crippen molar-refractivity contribution in [2.24, 2.45) is 12.8 Å². The van der Waals surface area contributed by atoms with Crippen molar-refractivity contribution in [3.8, 4) is 0 Å². The number of carbonyl (C=O) groups excluding carboxylic acids is 1. The minimum absolute atomic E-state index is 0.0780. The summed E-state index contributed by atoms with van der Waals surface area (Å²) < 4.78 is 1.83. The fraction of sp³-hybridized carbons (Fsp3) is 0.444. The van der Waals surface area contributed by atoms with Crippen molar-refractivity contribution in [3.05, 3.63) is 24.0 Å². The number of likely N-dealkylation sites (tertiary alicyclic amines) is 1. The minimum Gasteiger partial charge on any atom is -0.347 e. The first-order valence-corrected chi connectivity index (χ1v) is 4.34. The second-order valence-electron chi connectivity index (χ2n) is 3.47. The lowest BCUT2D eigenvalue weighted by Crippen LogP contribution is -2.58. The first-order valence-electron chi connectivity index (χ1n) is 4.34. The summed E-state index contributed by atoms with van der Waals surface area (Å²) in [6.07, 6.45) is 1.87. The van der Waals surface area contributed by atoms with Crippen molar-refractivity contribution in [2.45, 2.75) is 6.04 Å². The fourth-order valence-corrected chi connectivity index (χ4v) is 1.52. The van der Waals surface area contributed by atoms with Crippen molar-refractivity contribution in [1.29, 1.82) is 0 Å². The van der Waals surface area contributed by atoms with Crippen molar-refractivity contribution in [1.82, 2.24) is 9.47 Å². The highest BCUT2D eigenvalue weighted by atomic mass is 16.2. The average molecular weight is 179 g/mol. The van der Waals surface area contributed by atoms with E-state index in [1.54, 1.807) is 4.90 Å². The summed E-state index contributed by atoms with van der Waals surface area (Å²) in [6.45, 7) is 1.37. The molecule has 0 radical (unpaired) electrons. The number of nitrogens with zero attached hydrogens (tertiary/aromatic N) is 2. The Hall–Kier alpha value is -1.29. The van der Waals surface area contributed by atoms with Crippen molar-refractivity contribution in [2.75, 3.05) is 13.1 Å². The van der Waals surface area contributed by atoms with Crippen LogP contribution in [0.2, 0.25) is 0 Å². The summed E-state index contributed by atoms with van der Waals surface area (Å²) in [5.41, 5.74) is 6.33. The Morgan fingerprint density at radius 2 is 2.31 bits per heavy atom. The van der Waals surface area contributed by atoms with Crippen LogP contribution >= 0.6 is 0 Å². The van der Waals surface area contributed by atoms with Crippen LogP contribution in [0, 0.1) is 0 Å². The molecule has 1 aromatic heterocycles. The topological polar surface area (TPSA) is 51.3 Å². The lowest BCUT2D eigenvalue weighted by Gasteiger charge is -2.36. The highest BCUT2D eigenvalue weighted by Gasteiger charge is 2.29. The van der Waals surface area contributed by atoms with Crippen molar-refractivity contribution in [3.63, 3.8) is 0 Å². The Morgan fingerprint density at radius 1 is 1.62 bits per heavy atom. The van der Waals surface area contributed by atoms with E-state index in [9.17, 15) is 4.79 Å². The van der Waals surface area contributed by atoms with E-state index in [-0.39, 0.29) is 11.9 Å². The molecule has 70 valence electrons. The molecule has 2 rings (SSSR count). The largest absolute Gasteiger partial charge is 0.347 e. The predicted molar refractivity (Wildman–Crippen MR) is 49.3 cm³/mol. The number of hydrogen-bond donors (Lipinski definition) is 1. The monoisotopic (exact) mass is 179 g/mol. The number of aryl methyl sites for hydroxylation is 1. The second kappa shape index (κ2) is 2.88. The molecule has 4 nitrogen and oxygen atoms in total. The first kappa shape index (κ1) is 8.31. The summed E-state index contributed by atoms with van der Waals surface area (Å²) >= 11 is 0. The van der Waals surface area contributed by atoms with E-state index in [1.807, 2.05) is 29.9 Å². The number of nitrogens with two attached hydrogens (primary N) is 1. The van der Waals surface area contributed by atoms with Gasteiger partial charge in [0.15, 0.2) is 0 Å². The standard InChI is InChI=1S/C9H13N3O/c1-11-4-2-3-8(11)9(13)12-5-7(10)6-12/h2-4,7H,5-6,10H2,1H3. The van der Waals surface area contributed by atoms with E-state index in [2.05, 4.69) is 0 Å². The number of rotatable bonds is 1. The molecule has 0 saturated carbocycles. The SMILES string of the molecule is Cn1cccc1C(=O)N1CC(N)C1. The Morgan fingerprint density at radius 3 is 2.77 bits per heavy atom. The lowest BCUT2D eigenvalue weighted by atomic mass is 10.1. The molecule has 0 spiro atoms. The molecule has 2 heterocycles. The van der Waals surface area contributed by atoms with Gasteiger partial charge in [0.2, 0.25) is 0 Å². The Labute approximate surface area is 76.9 Å². The van der Waals surface area contributed by atoms with E-state index >= 15 is 0 Å². The van der Waals surface area contributed by atoms with Crippen LogP contribution in [0.4, 0.5) is 0 Å². The molecule has 1 saturated heterocycles. The van der Waals surface area contributed by atoms with Gasteiger partial charge in [-0.15, -0.1) is 0 Å². The zero-order chi connectivity index (χ0) is 9.42. The fourth-order valence-electron chi connectivity index (χ4n) is 1.52. The summed E-state index contributed by atoms with van der Waals surface area (Å²) in [5.74, 6) is 0.0780. The number of hydrogen-bond acceptors (Lipinski definition) is 2. The average Bonchev–Trinajstić information content (AvgIpc) is 2.44. The molecule has 1 amide bonds. The summed E-state index contributed by atoms with van der Waals surface area (Å²) in [7, 11) is 1.87. The maximum absolute atomic E-state index is 11.7. The maximum Gasteiger partial charge on any atom is 0.270 e. The molecule has 2 N–H and O–H groups in total. The summed E-state index contributed by atoms with van der Waals surface area (Å²) in [6, 6.07) is 3.86. The third-order valence-corrected chi connectivity index (χ3v) is 2.36. The quantitative estimate of drug-likeness (QED) is 0.649. The smallest absolute Gasteiger partial charge is 0.270 e. The Bertz CT molecular complexity index is 325. The highest BCUT2D eigenvalue weighted by molar-refractivity contribution is 5.93. The van der Waals surface area contributed by atoms with E-state index in [4.69, 9.17) is 5.73 Å². The minimum atomic E-state index is 0.0780. The van der Waals surface area contributed by atoms with Gasteiger partial charge < -0.3 is 15.2 Å². The van der Waals surface area contributed by atoms with Gasteiger partial charge in [0.1, 0.15) is 5.69 Å². The number of amides is 1. The normalized spacial score (nSPS) is 17.2. The molecule has 1 aliphatic rings. The van der Waals surface area contributed by atoms with Crippen LogP contribution in [0.25, 0.3) is 0 Å². The van der Waals surface area contributed by atoms with Crippen LogP contribution in [0.5, 0.6) is 0 Å². The first-order chi connectivity index (χ1) is 6.18. The Balaban J connectivity index is 2.10. The lowest BCUT2D eigenvalue weighted by molar-refractivity contribution is 0.0598. The van der Waals surface area contributed by atoms with Crippen LogP contribution in [-0.2, 0) is 7.05 Å². The van der Waals surface area contributed by atoms with Crippen LogP contribution in [-0.4, -0.2) is 34.5 Å². The zero-order valence-electron chi connectivity index (χ0n) is 7.60. The molecule has 0 unspecified atom stereocenters. The van der Waals surface area contributed by atoms with Gasteiger partial charge in [-0.1, -0.05) is 0 Å². The second-order valence-corrected chi connectivity index (χ2v) is 3.47. The highest BCUT2D eigenvalue weighted by Crippen LogP contribution is 2.11. The molecule has 0 aromatic carbocycles. The predicted octanol–water partition coefficient (Wildman–Crippen LogP) is -0.192. The van der Waals surface area contributed by atoms with Gasteiger partial charge in [0, 0.05) is 32.4 Å². The number of carbonyl (C=O) groups is 1. The van der Waals surface area contributed by atoms with E-state index in [0.717, 1.165) is 5.69 Å². The van der Waals surface area contributed by atoms with Crippen LogP contribution in [0.1, 0.15) is 10.5 Å². The molecule has 0 aliphatic carbocycles. The van der Waals surface area contributed by atoms with E-state index in [0.29, 0.717) is 13.1 Å². The molecule has 0 bridgehead atoms. The molecular formula is C9H13N3O. The van der Waals surface area contributed by atoms with Gasteiger partial charge >= 0.3 is 0 Å². The van der Waals surface area contributed by atoms with E-state index in [1.165, 1.54) is 0 Å². The molecular weight excluding hydrogens is 166 g/mol. The van der Waals surface area contributed by atoms with E-state index < -0.39 is 0 Å². The maximum atomic E-state index is 11.7. The third kappa shape index (κ3) is 1.33. The third-order valence-electron chi connectivity index (χ3n) is 2.36. The van der Waals surface area contributed by atoms with Crippen molar-refractivity contribution >= 4 is 5.91 Å². The van der Waals surface area contributed by atoms with Crippen LogP contribution in [0.3, 0.4) is 0 Å². The molecule has 4 heteroatoms. The van der Waals surface area contributed by atoms with Gasteiger partial charge in [-0.05, 0) is 12.1 Å². The number of aromatic nitrogens is 1. The van der Waals surface area contributed by atoms with Gasteiger partial charge in [-0.25, -0.2) is 0 Å². The molecule has 1 fully saturated rings. The Kier molecular flexibility index (Phi) is 1.84. The molecule has 13 heavy (non-hydrogen) atoms. The van der Waals surface area contributed by atoms with Gasteiger partial charge in [0.05, 0.1) is 0 Å². The summed E-state index contributed by atoms with van der Waals surface area (Å²) in [4.78, 5) is 13.5. The van der Waals surface area contributed by atoms with Gasteiger partial charge in [0.25, 0.3) is 5.91 Å². The summed E-state index contributed by atoms with van der Waals surface area (Å²) in [5, 5.41) is 0. The van der Waals surface area contributed by atoms with Crippen molar-refractivity contribution < 1.29 is 4.79 Å². The van der Waals surface area contributed by atoms with Crippen LogP contribution in [0.15, 0.2) is 18.3 Å². The molecule has 1 aromatic rings. The van der Waals surface area contributed by atoms with Gasteiger partial charge in [-0.2, -0.15) is 0 Å². The zero-order valence-corrected chi connectivity index (χ0v) is 7.60.